The first-order valence-corrected chi connectivity index (χ1v) is 10.2. The fourth-order valence-electron chi connectivity index (χ4n) is 3.58. The smallest absolute Gasteiger partial charge is 0.259 e. The lowest BCUT2D eigenvalue weighted by Gasteiger charge is -2.29. The Bertz CT molecular complexity index is 1060. The maximum absolute atomic E-state index is 14.6. The Kier molecular flexibility index (Phi) is 6.01. The van der Waals surface area contributed by atoms with E-state index in [1.807, 2.05) is 24.0 Å². The highest BCUT2D eigenvalue weighted by molar-refractivity contribution is 6.30. The summed E-state index contributed by atoms with van der Waals surface area (Å²) in [6.45, 7) is 4.39. The van der Waals surface area contributed by atoms with Gasteiger partial charge in [0.15, 0.2) is 0 Å². The Morgan fingerprint density at radius 2 is 2.03 bits per heavy atom. The summed E-state index contributed by atoms with van der Waals surface area (Å²) in [6, 6.07) is 12.0. The monoisotopic (exact) mass is 428 g/mol. The van der Waals surface area contributed by atoms with Gasteiger partial charge >= 0.3 is 0 Å². The third-order valence-corrected chi connectivity index (χ3v) is 5.29. The number of amides is 1. The standard InChI is InChI=1S/C22H22ClFN4O2/c1-2-20-18(14-25-28(20)17-5-3-4-15(23)12-17)22(29)26-16-6-7-21(19(24)13-16)27-8-10-30-11-9-27/h3-7,12-14H,2,8-11H2,1H3,(H,26,29). The van der Waals surface area contributed by atoms with E-state index in [9.17, 15) is 9.18 Å². The number of hydrogen-bond acceptors (Lipinski definition) is 4. The van der Waals surface area contributed by atoms with Crippen LogP contribution in [0.1, 0.15) is 23.0 Å². The molecule has 0 saturated carbocycles. The molecule has 0 radical (unpaired) electrons. The molecule has 2 heterocycles. The van der Waals surface area contributed by atoms with E-state index >= 15 is 0 Å². The summed E-state index contributed by atoms with van der Waals surface area (Å²) in [6.07, 6.45) is 2.12. The van der Waals surface area contributed by atoms with Gasteiger partial charge in [-0.3, -0.25) is 4.79 Å². The number of aromatic nitrogens is 2. The third-order valence-electron chi connectivity index (χ3n) is 5.06. The Labute approximate surface area is 179 Å². The number of morpholine rings is 1. The van der Waals surface area contributed by atoms with Crippen LogP contribution in [0.5, 0.6) is 0 Å². The number of nitrogens with one attached hydrogen (secondary N) is 1. The van der Waals surface area contributed by atoms with Crippen molar-refractivity contribution in [1.82, 2.24) is 9.78 Å². The maximum Gasteiger partial charge on any atom is 0.259 e. The van der Waals surface area contributed by atoms with E-state index in [0.29, 0.717) is 54.7 Å². The first-order valence-electron chi connectivity index (χ1n) is 9.83. The number of carbonyl (C=O) groups is 1. The summed E-state index contributed by atoms with van der Waals surface area (Å²) in [5.74, 6) is -0.710. The Morgan fingerprint density at radius 3 is 2.73 bits per heavy atom. The maximum atomic E-state index is 14.6. The highest BCUT2D eigenvalue weighted by Gasteiger charge is 2.19. The van der Waals surface area contributed by atoms with Crippen LogP contribution in [0.2, 0.25) is 5.02 Å². The van der Waals surface area contributed by atoms with Gasteiger partial charge in [0, 0.05) is 23.8 Å². The minimum Gasteiger partial charge on any atom is -0.378 e. The van der Waals surface area contributed by atoms with Gasteiger partial charge in [-0.1, -0.05) is 24.6 Å². The number of hydrogen-bond donors (Lipinski definition) is 1. The molecule has 0 spiro atoms. The minimum absolute atomic E-state index is 0.335. The normalized spacial score (nSPS) is 14.0. The fraction of sp³-hybridized carbons (Fsp3) is 0.273. The zero-order valence-electron chi connectivity index (χ0n) is 16.6. The molecule has 156 valence electrons. The molecule has 1 aromatic heterocycles. The van der Waals surface area contributed by atoms with E-state index in [4.69, 9.17) is 16.3 Å². The molecular weight excluding hydrogens is 407 g/mol. The number of ether oxygens (including phenoxy) is 1. The van der Waals surface area contributed by atoms with Crippen molar-refractivity contribution in [3.63, 3.8) is 0 Å². The lowest BCUT2D eigenvalue weighted by atomic mass is 10.1. The third kappa shape index (κ3) is 4.17. The number of benzene rings is 2. The summed E-state index contributed by atoms with van der Waals surface area (Å²) in [5, 5.41) is 7.73. The minimum atomic E-state index is -0.375. The molecule has 1 fully saturated rings. The molecule has 8 heteroatoms. The fourth-order valence-corrected chi connectivity index (χ4v) is 3.76. The predicted octanol–water partition coefficient (Wildman–Crippen LogP) is 4.32. The van der Waals surface area contributed by atoms with E-state index in [0.717, 1.165) is 11.4 Å². The van der Waals surface area contributed by atoms with Crippen molar-refractivity contribution >= 4 is 28.9 Å². The zero-order valence-corrected chi connectivity index (χ0v) is 17.3. The summed E-state index contributed by atoms with van der Waals surface area (Å²) in [4.78, 5) is 14.8. The average molecular weight is 429 g/mol. The van der Waals surface area contributed by atoms with Gasteiger partial charge in [0.25, 0.3) is 5.91 Å². The lowest BCUT2D eigenvalue weighted by Crippen LogP contribution is -2.36. The zero-order chi connectivity index (χ0) is 21.1. The second-order valence-electron chi connectivity index (χ2n) is 6.97. The summed E-state index contributed by atoms with van der Waals surface area (Å²) in [7, 11) is 0. The van der Waals surface area contributed by atoms with Gasteiger partial charge in [0.1, 0.15) is 5.82 Å². The lowest BCUT2D eigenvalue weighted by molar-refractivity contribution is 0.102. The van der Waals surface area contributed by atoms with E-state index < -0.39 is 0 Å². The Hall–Kier alpha value is -2.90. The van der Waals surface area contributed by atoms with Crippen LogP contribution in [0.25, 0.3) is 5.69 Å². The first kappa shape index (κ1) is 20.4. The first-order chi connectivity index (χ1) is 14.6. The molecule has 0 unspecified atom stereocenters. The molecule has 30 heavy (non-hydrogen) atoms. The highest BCUT2D eigenvalue weighted by Crippen LogP contribution is 2.25. The summed E-state index contributed by atoms with van der Waals surface area (Å²) in [5.41, 5.74) is 2.88. The summed E-state index contributed by atoms with van der Waals surface area (Å²) < 4.78 is 21.6. The largest absolute Gasteiger partial charge is 0.378 e. The van der Waals surface area contributed by atoms with Crippen LogP contribution >= 0.6 is 11.6 Å². The van der Waals surface area contributed by atoms with Crippen molar-refractivity contribution in [3.05, 3.63) is 70.8 Å². The van der Waals surface area contributed by atoms with Crippen molar-refractivity contribution < 1.29 is 13.9 Å². The van der Waals surface area contributed by atoms with E-state index in [-0.39, 0.29) is 11.7 Å². The predicted molar refractivity (Wildman–Crippen MR) is 115 cm³/mol. The molecule has 1 aliphatic rings. The molecule has 3 aromatic rings. The summed E-state index contributed by atoms with van der Waals surface area (Å²) >= 11 is 6.08. The van der Waals surface area contributed by atoms with Crippen LogP contribution in [-0.2, 0) is 11.2 Å². The van der Waals surface area contributed by atoms with Crippen LogP contribution in [0.15, 0.2) is 48.7 Å². The van der Waals surface area contributed by atoms with Gasteiger partial charge in [-0.2, -0.15) is 5.10 Å². The van der Waals surface area contributed by atoms with Gasteiger partial charge < -0.3 is 15.0 Å². The second kappa shape index (κ2) is 8.85. The topological polar surface area (TPSA) is 59.4 Å². The van der Waals surface area contributed by atoms with Crippen molar-refractivity contribution in [2.24, 2.45) is 0 Å². The molecule has 1 aliphatic heterocycles. The Balaban J connectivity index is 1.55. The van der Waals surface area contributed by atoms with Crippen molar-refractivity contribution in [1.29, 1.82) is 0 Å². The number of halogens is 2. The second-order valence-corrected chi connectivity index (χ2v) is 7.41. The molecule has 1 N–H and O–H groups in total. The molecule has 1 saturated heterocycles. The molecule has 2 aromatic carbocycles. The van der Waals surface area contributed by atoms with Gasteiger partial charge in [-0.15, -0.1) is 0 Å². The van der Waals surface area contributed by atoms with E-state index in [1.54, 1.807) is 28.9 Å². The van der Waals surface area contributed by atoms with Crippen LogP contribution < -0.4 is 10.2 Å². The van der Waals surface area contributed by atoms with Crippen LogP contribution in [0.3, 0.4) is 0 Å². The number of nitrogens with zero attached hydrogens (tertiary/aromatic N) is 3. The van der Waals surface area contributed by atoms with Crippen molar-refractivity contribution in [2.75, 3.05) is 36.5 Å². The van der Waals surface area contributed by atoms with Crippen LogP contribution in [0, 0.1) is 5.82 Å². The Morgan fingerprint density at radius 1 is 1.23 bits per heavy atom. The van der Waals surface area contributed by atoms with Crippen LogP contribution in [0.4, 0.5) is 15.8 Å². The van der Waals surface area contributed by atoms with Gasteiger partial charge in [-0.25, -0.2) is 9.07 Å². The highest BCUT2D eigenvalue weighted by atomic mass is 35.5. The molecule has 0 aliphatic carbocycles. The van der Waals surface area contributed by atoms with Crippen LogP contribution in [-0.4, -0.2) is 42.0 Å². The molecule has 6 nitrogen and oxygen atoms in total. The quantitative estimate of drug-likeness (QED) is 0.657. The van der Waals surface area contributed by atoms with E-state index in [1.165, 1.54) is 12.3 Å². The molecule has 1 amide bonds. The van der Waals surface area contributed by atoms with Gasteiger partial charge in [0.05, 0.1) is 42.0 Å². The molecule has 0 atom stereocenters. The number of rotatable bonds is 5. The molecule has 4 rings (SSSR count). The average Bonchev–Trinajstić information content (AvgIpc) is 3.19. The number of carbonyl (C=O) groups excluding carboxylic acids is 1. The van der Waals surface area contributed by atoms with Crippen molar-refractivity contribution in [2.45, 2.75) is 13.3 Å². The van der Waals surface area contributed by atoms with Gasteiger partial charge in [-0.05, 0) is 42.8 Å². The molecular formula is C22H22ClFN4O2. The van der Waals surface area contributed by atoms with Crippen molar-refractivity contribution in [3.8, 4) is 5.69 Å². The molecule has 0 bridgehead atoms. The SMILES string of the molecule is CCc1c(C(=O)Nc2ccc(N3CCOCC3)c(F)c2)cnn1-c1cccc(Cl)c1. The van der Waals surface area contributed by atoms with Gasteiger partial charge in [0.2, 0.25) is 0 Å². The van der Waals surface area contributed by atoms with E-state index in [2.05, 4.69) is 10.4 Å². The number of anilines is 2.